The van der Waals surface area contributed by atoms with Gasteiger partial charge in [-0.25, -0.2) is 9.78 Å². The Hall–Kier alpha value is -3.71. The Morgan fingerprint density at radius 3 is 2.29 bits per heavy atom. The third-order valence-electron chi connectivity index (χ3n) is 6.37. The Kier molecular flexibility index (Phi) is 8.47. The van der Waals surface area contributed by atoms with Gasteiger partial charge in [-0.2, -0.15) is 0 Å². The van der Waals surface area contributed by atoms with Crippen LogP contribution in [-0.4, -0.2) is 34.3 Å². The number of hydrogen-bond donors (Lipinski definition) is 2. The van der Waals surface area contributed by atoms with E-state index in [1.165, 1.54) is 0 Å². The lowest BCUT2D eigenvalue weighted by atomic mass is 10.0. The molecule has 38 heavy (non-hydrogen) atoms. The number of alkyl carbamates (subject to hydrolysis) is 1. The van der Waals surface area contributed by atoms with Gasteiger partial charge in [0.15, 0.2) is 0 Å². The lowest BCUT2D eigenvalue weighted by Gasteiger charge is -2.26. The number of benzene rings is 3. The number of rotatable bonds is 9. The summed E-state index contributed by atoms with van der Waals surface area (Å²) in [6.07, 6.45) is 0.293. The van der Waals surface area contributed by atoms with Crippen LogP contribution in [0.3, 0.4) is 0 Å². The highest BCUT2D eigenvalue weighted by Gasteiger charge is 2.23. The SMILES string of the molecule is CC(C)C(NCCCNC(=O)OC(C)(C)C)c1nc2cc3ccccc3cc2c(=O)n1Cc1ccccc1. The van der Waals surface area contributed by atoms with Crippen LogP contribution in [0.25, 0.3) is 21.7 Å². The number of nitrogens with zero attached hydrogens (tertiary/aromatic N) is 2. The molecule has 4 rings (SSSR count). The van der Waals surface area contributed by atoms with Crippen molar-refractivity contribution in [1.29, 1.82) is 0 Å². The van der Waals surface area contributed by atoms with E-state index in [1.807, 2.05) is 92.1 Å². The molecule has 200 valence electrons. The van der Waals surface area contributed by atoms with E-state index in [9.17, 15) is 9.59 Å². The van der Waals surface area contributed by atoms with Gasteiger partial charge in [0, 0.05) is 6.54 Å². The summed E-state index contributed by atoms with van der Waals surface area (Å²) in [5.41, 5.74) is 1.17. The summed E-state index contributed by atoms with van der Waals surface area (Å²) in [7, 11) is 0. The first-order valence-corrected chi connectivity index (χ1v) is 13.3. The second-order valence-corrected chi connectivity index (χ2v) is 11.0. The Morgan fingerprint density at radius 2 is 1.63 bits per heavy atom. The maximum atomic E-state index is 13.9. The van der Waals surface area contributed by atoms with Crippen LogP contribution in [0.2, 0.25) is 0 Å². The number of carbonyl (C=O) groups excluding carboxylic acids is 1. The van der Waals surface area contributed by atoms with Gasteiger partial charge in [0.25, 0.3) is 5.56 Å². The molecule has 1 amide bonds. The number of fused-ring (bicyclic) bond motifs is 2. The number of aromatic nitrogens is 2. The van der Waals surface area contributed by atoms with Gasteiger partial charge in [-0.15, -0.1) is 0 Å². The quantitative estimate of drug-likeness (QED) is 0.218. The van der Waals surface area contributed by atoms with E-state index in [0.29, 0.717) is 37.0 Å². The van der Waals surface area contributed by atoms with Gasteiger partial charge in [0.1, 0.15) is 11.4 Å². The zero-order valence-corrected chi connectivity index (χ0v) is 23.0. The van der Waals surface area contributed by atoms with Crippen molar-refractivity contribution in [2.45, 2.75) is 59.2 Å². The lowest BCUT2D eigenvalue weighted by molar-refractivity contribution is 0.0527. The zero-order valence-electron chi connectivity index (χ0n) is 23.0. The van der Waals surface area contributed by atoms with E-state index in [-0.39, 0.29) is 17.5 Å². The smallest absolute Gasteiger partial charge is 0.407 e. The Labute approximate surface area is 224 Å². The average molecular weight is 515 g/mol. The zero-order chi connectivity index (χ0) is 27.3. The van der Waals surface area contributed by atoms with E-state index < -0.39 is 11.7 Å². The van der Waals surface area contributed by atoms with Gasteiger partial charge >= 0.3 is 6.09 Å². The summed E-state index contributed by atoms with van der Waals surface area (Å²) >= 11 is 0. The second kappa shape index (κ2) is 11.8. The molecule has 1 heterocycles. The fourth-order valence-electron chi connectivity index (χ4n) is 4.56. The van der Waals surface area contributed by atoms with E-state index in [4.69, 9.17) is 9.72 Å². The van der Waals surface area contributed by atoms with Crippen LogP contribution in [0, 0.1) is 5.92 Å². The van der Waals surface area contributed by atoms with Crippen molar-refractivity contribution in [3.8, 4) is 0 Å². The van der Waals surface area contributed by atoms with Crippen LogP contribution in [-0.2, 0) is 11.3 Å². The predicted octanol–water partition coefficient (Wildman–Crippen LogP) is 5.80. The highest BCUT2D eigenvalue weighted by Crippen LogP contribution is 2.25. The molecule has 0 bridgehead atoms. The topological polar surface area (TPSA) is 85.2 Å². The highest BCUT2D eigenvalue weighted by molar-refractivity contribution is 5.96. The van der Waals surface area contributed by atoms with Crippen molar-refractivity contribution in [2.24, 2.45) is 5.92 Å². The molecule has 4 aromatic rings. The molecular weight excluding hydrogens is 476 g/mol. The van der Waals surface area contributed by atoms with E-state index in [1.54, 1.807) is 0 Å². The first-order chi connectivity index (χ1) is 18.1. The molecule has 7 heteroatoms. The van der Waals surface area contributed by atoms with Crippen molar-refractivity contribution >= 4 is 27.8 Å². The molecule has 0 aliphatic heterocycles. The first kappa shape index (κ1) is 27.3. The third kappa shape index (κ3) is 6.78. The molecule has 1 unspecified atom stereocenters. The standard InChI is InChI=1S/C31H38N4O3/c1-21(2)27(32-16-11-17-33-30(37)38-31(3,4)5)28-34-26-19-24-15-10-9-14-23(24)18-25(26)29(36)35(28)20-22-12-7-6-8-13-22/h6-10,12-15,18-19,21,27,32H,11,16-17,20H2,1-5H3,(H,33,37). The van der Waals surface area contributed by atoms with Crippen molar-refractivity contribution < 1.29 is 9.53 Å². The first-order valence-electron chi connectivity index (χ1n) is 13.3. The van der Waals surface area contributed by atoms with Crippen molar-refractivity contribution in [3.05, 3.63) is 88.5 Å². The van der Waals surface area contributed by atoms with Crippen LogP contribution in [0.1, 0.15) is 58.5 Å². The molecule has 7 nitrogen and oxygen atoms in total. The summed E-state index contributed by atoms with van der Waals surface area (Å²) in [5.74, 6) is 0.900. The Morgan fingerprint density at radius 1 is 0.974 bits per heavy atom. The minimum Gasteiger partial charge on any atom is -0.444 e. The van der Waals surface area contributed by atoms with Gasteiger partial charge < -0.3 is 15.4 Å². The number of nitrogens with one attached hydrogen (secondary N) is 2. The fraction of sp³-hybridized carbons (Fsp3) is 0.387. The molecule has 1 atom stereocenters. The van der Waals surface area contributed by atoms with Crippen molar-refractivity contribution in [3.63, 3.8) is 0 Å². The van der Waals surface area contributed by atoms with Gasteiger partial charge in [0.05, 0.1) is 23.5 Å². The molecule has 1 aromatic heterocycles. The summed E-state index contributed by atoms with van der Waals surface area (Å²) in [5, 5.41) is 9.10. The van der Waals surface area contributed by atoms with E-state index in [0.717, 1.165) is 22.2 Å². The lowest BCUT2D eigenvalue weighted by Crippen LogP contribution is -2.37. The highest BCUT2D eigenvalue weighted by atomic mass is 16.6. The van der Waals surface area contributed by atoms with Crippen molar-refractivity contribution in [1.82, 2.24) is 20.2 Å². The molecule has 0 saturated carbocycles. The van der Waals surface area contributed by atoms with Crippen LogP contribution in [0.4, 0.5) is 4.79 Å². The van der Waals surface area contributed by atoms with Crippen molar-refractivity contribution in [2.75, 3.05) is 13.1 Å². The average Bonchev–Trinajstić information content (AvgIpc) is 2.86. The minimum absolute atomic E-state index is 0.0429. The van der Waals surface area contributed by atoms with Crippen LogP contribution >= 0.6 is 0 Å². The van der Waals surface area contributed by atoms with Crippen LogP contribution in [0.5, 0.6) is 0 Å². The largest absolute Gasteiger partial charge is 0.444 e. The molecule has 2 N–H and O–H groups in total. The van der Waals surface area contributed by atoms with Crippen LogP contribution < -0.4 is 16.2 Å². The number of amides is 1. The summed E-state index contributed by atoms with van der Waals surface area (Å²) in [6, 6.07) is 21.8. The summed E-state index contributed by atoms with van der Waals surface area (Å²) in [6.45, 7) is 11.4. The molecule has 0 spiro atoms. The fourth-order valence-corrected chi connectivity index (χ4v) is 4.56. The van der Waals surface area contributed by atoms with E-state index in [2.05, 4.69) is 24.5 Å². The minimum atomic E-state index is -0.527. The number of hydrogen-bond acceptors (Lipinski definition) is 5. The molecular formula is C31H38N4O3. The monoisotopic (exact) mass is 514 g/mol. The van der Waals surface area contributed by atoms with E-state index >= 15 is 0 Å². The van der Waals surface area contributed by atoms with Gasteiger partial charge in [-0.1, -0.05) is 68.4 Å². The molecule has 3 aromatic carbocycles. The van der Waals surface area contributed by atoms with Crippen LogP contribution in [0.15, 0.2) is 71.5 Å². The Bertz CT molecular complexity index is 1460. The van der Waals surface area contributed by atoms with Gasteiger partial charge in [-0.05, 0) is 68.1 Å². The maximum absolute atomic E-state index is 13.9. The number of ether oxygens (including phenoxy) is 1. The molecule has 0 radical (unpaired) electrons. The second-order valence-electron chi connectivity index (χ2n) is 11.0. The molecule has 0 saturated heterocycles. The predicted molar refractivity (Wildman–Crippen MR) is 153 cm³/mol. The summed E-state index contributed by atoms with van der Waals surface area (Å²) in [4.78, 5) is 31.0. The molecule has 0 aliphatic rings. The molecule has 0 aliphatic carbocycles. The maximum Gasteiger partial charge on any atom is 0.407 e. The van der Waals surface area contributed by atoms with Gasteiger partial charge in [0.2, 0.25) is 0 Å². The number of carbonyl (C=O) groups is 1. The molecule has 0 fully saturated rings. The third-order valence-corrected chi connectivity index (χ3v) is 6.37. The van der Waals surface area contributed by atoms with Gasteiger partial charge in [-0.3, -0.25) is 9.36 Å². The normalized spacial score (nSPS) is 12.7. The Balaban J connectivity index is 1.64. The summed E-state index contributed by atoms with van der Waals surface area (Å²) < 4.78 is 7.12.